The second-order valence-electron chi connectivity index (χ2n) is 4.85. The number of carbonyl (C=O) groups is 1. The van der Waals surface area contributed by atoms with Crippen LogP contribution >= 0.6 is 0 Å². The first-order valence-electron chi connectivity index (χ1n) is 6.77. The Balaban J connectivity index is 1.99. The molecule has 1 aliphatic heterocycles. The lowest BCUT2D eigenvalue weighted by atomic mass is 10.2. The van der Waals surface area contributed by atoms with Gasteiger partial charge in [0.15, 0.2) is 0 Å². The van der Waals surface area contributed by atoms with Gasteiger partial charge in [0.2, 0.25) is 5.91 Å². The van der Waals surface area contributed by atoms with Gasteiger partial charge in [-0.3, -0.25) is 4.79 Å². The molecule has 1 fully saturated rings. The third-order valence-corrected chi connectivity index (χ3v) is 2.89. The molecule has 1 saturated heterocycles. The van der Waals surface area contributed by atoms with Crippen LogP contribution in [0.4, 0.5) is 0 Å². The molecule has 0 unspecified atom stereocenters. The number of nitrogens with zero attached hydrogens (tertiary/aromatic N) is 1. The van der Waals surface area contributed by atoms with Crippen molar-refractivity contribution >= 4 is 5.91 Å². The first-order chi connectivity index (χ1) is 8.20. The van der Waals surface area contributed by atoms with Gasteiger partial charge in [0, 0.05) is 19.7 Å². The molecule has 0 N–H and O–H groups in total. The molecule has 0 radical (unpaired) electrons. The molecule has 3 heteroatoms. The quantitative estimate of drug-likeness (QED) is 0.505. The molecule has 0 aromatic rings. The average molecular weight is 239 g/mol. The van der Waals surface area contributed by atoms with Crippen molar-refractivity contribution in [1.29, 1.82) is 0 Å². The maximum Gasteiger partial charge on any atom is 0.246 e. The minimum absolute atomic E-state index is 0.181. The molecular formula is C14H25NO2. The Morgan fingerprint density at radius 3 is 2.65 bits per heavy atom. The van der Waals surface area contributed by atoms with Crippen molar-refractivity contribution in [2.45, 2.75) is 52.1 Å². The number of hydrogen-bond donors (Lipinski definition) is 0. The first kappa shape index (κ1) is 14.2. The second kappa shape index (κ2) is 8.29. The first-order valence-corrected chi connectivity index (χ1v) is 6.77. The summed E-state index contributed by atoms with van der Waals surface area (Å²) >= 11 is 0. The van der Waals surface area contributed by atoms with E-state index in [1.165, 1.54) is 0 Å². The largest absolute Gasteiger partial charge is 0.379 e. The summed E-state index contributed by atoms with van der Waals surface area (Å²) in [5.74, 6) is 0.181. The van der Waals surface area contributed by atoms with Gasteiger partial charge in [-0.25, -0.2) is 0 Å². The van der Waals surface area contributed by atoms with Gasteiger partial charge in [-0.1, -0.05) is 6.08 Å². The molecule has 0 bridgehead atoms. The molecule has 1 rings (SSSR count). The Bertz CT molecular complexity index is 243. The van der Waals surface area contributed by atoms with E-state index in [-0.39, 0.29) is 5.91 Å². The maximum atomic E-state index is 11.6. The summed E-state index contributed by atoms with van der Waals surface area (Å²) in [5, 5.41) is 0. The van der Waals surface area contributed by atoms with Crippen LogP contribution in [0.5, 0.6) is 0 Å². The smallest absolute Gasteiger partial charge is 0.246 e. The average Bonchev–Trinajstić information content (AvgIpc) is 2.80. The van der Waals surface area contributed by atoms with Crippen LogP contribution < -0.4 is 0 Å². The van der Waals surface area contributed by atoms with Crippen LogP contribution in [0.3, 0.4) is 0 Å². The van der Waals surface area contributed by atoms with Crippen LogP contribution in [0.2, 0.25) is 0 Å². The van der Waals surface area contributed by atoms with Crippen molar-refractivity contribution in [3.63, 3.8) is 0 Å². The summed E-state index contributed by atoms with van der Waals surface area (Å²) in [5.41, 5.74) is 0. The number of likely N-dealkylation sites (tertiary alicyclic amines) is 1. The van der Waals surface area contributed by atoms with Gasteiger partial charge in [-0.15, -0.1) is 0 Å². The lowest BCUT2D eigenvalue weighted by Gasteiger charge is -2.11. The molecule has 1 amide bonds. The fourth-order valence-electron chi connectivity index (χ4n) is 1.91. The molecule has 0 saturated carbocycles. The molecule has 1 heterocycles. The van der Waals surface area contributed by atoms with Crippen molar-refractivity contribution in [1.82, 2.24) is 4.90 Å². The number of rotatable bonds is 7. The van der Waals surface area contributed by atoms with Gasteiger partial charge in [0.05, 0.1) is 6.10 Å². The van der Waals surface area contributed by atoms with E-state index in [1.54, 1.807) is 6.08 Å². The second-order valence-corrected chi connectivity index (χ2v) is 4.85. The highest BCUT2D eigenvalue weighted by Gasteiger charge is 2.14. The van der Waals surface area contributed by atoms with Gasteiger partial charge in [-0.2, -0.15) is 0 Å². The van der Waals surface area contributed by atoms with Crippen molar-refractivity contribution in [3.8, 4) is 0 Å². The number of ether oxygens (including phenoxy) is 1. The number of amides is 1. The van der Waals surface area contributed by atoms with Gasteiger partial charge < -0.3 is 9.64 Å². The summed E-state index contributed by atoms with van der Waals surface area (Å²) < 4.78 is 5.45. The fraction of sp³-hybridized carbons (Fsp3) is 0.786. The van der Waals surface area contributed by atoms with Crippen molar-refractivity contribution < 1.29 is 9.53 Å². The number of hydrogen-bond acceptors (Lipinski definition) is 2. The predicted octanol–water partition coefficient (Wildman–Crippen LogP) is 2.76. The Morgan fingerprint density at radius 1 is 1.29 bits per heavy atom. The van der Waals surface area contributed by atoms with E-state index in [0.717, 1.165) is 51.8 Å². The van der Waals surface area contributed by atoms with Crippen molar-refractivity contribution in [3.05, 3.63) is 12.2 Å². The molecular weight excluding hydrogens is 214 g/mol. The van der Waals surface area contributed by atoms with E-state index in [1.807, 2.05) is 11.0 Å². The standard InChI is InChI=1S/C14H25NO2/c1-13(2)17-12-8-4-3-5-9-14(16)15-10-6-7-11-15/h5,9,13H,3-4,6-8,10-12H2,1-2H3/b9-5+. The normalized spacial score (nSPS) is 16.3. The van der Waals surface area contributed by atoms with Gasteiger partial charge in [-0.05, 0) is 52.0 Å². The molecule has 17 heavy (non-hydrogen) atoms. The Morgan fingerprint density at radius 2 is 2.00 bits per heavy atom. The molecule has 3 nitrogen and oxygen atoms in total. The summed E-state index contributed by atoms with van der Waals surface area (Å²) in [7, 11) is 0. The summed E-state index contributed by atoms with van der Waals surface area (Å²) in [4.78, 5) is 13.6. The third kappa shape index (κ3) is 6.47. The monoisotopic (exact) mass is 239 g/mol. The Kier molecular flexibility index (Phi) is 6.94. The predicted molar refractivity (Wildman–Crippen MR) is 69.9 cm³/mol. The number of allylic oxidation sites excluding steroid dienone is 1. The highest BCUT2D eigenvalue weighted by Crippen LogP contribution is 2.08. The SMILES string of the molecule is CC(C)OCCCC/C=C/C(=O)N1CCCC1. The van der Waals surface area contributed by atoms with Crippen LogP contribution in [0.15, 0.2) is 12.2 Å². The molecule has 0 spiro atoms. The van der Waals surface area contributed by atoms with Crippen LogP contribution in [-0.4, -0.2) is 36.6 Å². The number of carbonyl (C=O) groups excluding carboxylic acids is 1. The van der Waals surface area contributed by atoms with Crippen LogP contribution in [0.25, 0.3) is 0 Å². The van der Waals surface area contributed by atoms with Gasteiger partial charge in [0.1, 0.15) is 0 Å². The van der Waals surface area contributed by atoms with Gasteiger partial charge in [0.25, 0.3) is 0 Å². The van der Waals surface area contributed by atoms with Crippen LogP contribution in [0, 0.1) is 0 Å². The van der Waals surface area contributed by atoms with E-state index < -0.39 is 0 Å². The molecule has 0 atom stereocenters. The third-order valence-electron chi connectivity index (χ3n) is 2.89. The Labute approximate surface area is 105 Å². The van der Waals surface area contributed by atoms with E-state index >= 15 is 0 Å². The fourth-order valence-corrected chi connectivity index (χ4v) is 1.91. The zero-order chi connectivity index (χ0) is 12.5. The highest BCUT2D eigenvalue weighted by molar-refractivity contribution is 5.87. The van der Waals surface area contributed by atoms with Gasteiger partial charge >= 0.3 is 0 Å². The van der Waals surface area contributed by atoms with Crippen molar-refractivity contribution in [2.75, 3.05) is 19.7 Å². The lowest BCUT2D eigenvalue weighted by Crippen LogP contribution is -2.25. The highest BCUT2D eigenvalue weighted by atomic mass is 16.5. The van der Waals surface area contributed by atoms with Crippen molar-refractivity contribution in [2.24, 2.45) is 0 Å². The maximum absolute atomic E-state index is 11.6. The molecule has 0 aliphatic carbocycles. The summed E-state index contributed by atoms with van der Waals surface area (Å²) in [6.07, 6.45) is 9.50. The zero-order valence-corrected chi connectivity index (χ0v) is 11.2. The van der Waals surface area contributed by atoms with Crippen LogP contribution in [-0.2, 0) is 9.53 Å². The molecule has 1 aliphatic rings. The molecule has 0 aromatic heterocycles. The molecule has 98 valence electrons. The number of unbranched alkanes of at least 4 members (excludes halogenated alkanes) is 2. The summed E-state index contributed by atoms with van der Waals surface area (Å²) in [6.45, 7) is 6.80. The molecule has 0 aromatic carbocycles. The topological polar surface area (TPSA) is 29.5 Å². The zero-order valence-electron chi connectivity index (χ0n) is 11.2. The Hall–Kier alpha value is -0.830. The van der Waals surface area contributed by atoms with E-state index in [2.05, 4.69) is 13.8 Å². The minimum Gasteiger partial charge on any atom is -0.379 e. The van der Waals surface area contributed by atoms with E-state index in [0.29, 0.717) is 6.10 Å². The van der Waals surface area contributed by atoms with Crippen LogP contribution in [0.1, 0.15) is 46.0 Å². The lowest BCUT2D eigenvalue weighted by molar-refractivity contribution is -0.125. The van der Waals surface area contributed by atoms with E-state index in [4.69, 9.17) is 4.74 Å². The minimum atomic E-state index is 0.181. The van der Waals surface area contributed by atoms with E-state index in [9.17, 15) is 4.79 Å². The summed E-state index contributed by atoms with van der Waals surface area (Å²) in [6, 6.07) is 0.